The van der Waals surface area contributed by atoms with Crippen LogP contribution in [0.15, 0.2) is 36.5 Å². The van der Waals surface area contributed by atoms with Crippen LogP contribution in [0.2, 0.25) is 0 Å². The van der Waals surface area contributed by atoms with Crippen LogP contribution in [-0.4, -0.2) is 55.2 Å². The summed E-state index contributed by atoms with van der Waals surface area (Å²) in [5, 5.41) is 2.96. The van der Waals surface area contributed by atoms with Crippen molar-refractivity contribution in [3.05, 3.63) is 64.5 Å². The molecule has 2 aliphatic heterocycles. The van der Waals surface area contributed by atoms with Gasteiger partial charge in [0.1, 0.15) is 0 Å². The lowest BCUT2D eigenvalue weighted by Crippen LogP contribution is -2.45. The number of amides is 1. The van der Waals surface area contributed by atoms with Gasteiger partial charge in [0, 0.05) is 46.0 Å². The maximum atomic E-state index is 12.9. The van der Waals surface area contributed by atoms with Crippen molar-refractivity contribution in [3.8, 4) is 0 Å². The topological polar surface area (TPSA) is 94.6 Å². The highest BCUT2D eigenvalue weighted by Crippen LogP contribution is 2.39. The zero-order valence-electron chi connectivity index (χ0n) is 21.8. The summed E-state index contributed by atoms with van der Waals surface area (Å²) in [5.41, 5.74) is 2.40. The predicted molar refractivity (Wildman–Crippen MR) is 137 cm³/mol. The van der Waals surface area contributed by atoms with Crippen molar-refractivity contribution in [1.82, 2.24) is 24.2 Å². The summed E-state index contributed by atoms with van der Waals surface area (Å²) in [6.07, 6.45) is -1.46. The molecule has 12 heteroatoms. The summed E-state index contributed by atoms with van der Waals surface area (Å²) in [7, 11) is -2.04. The molecule has 4 rings (SSSR count). The summed E-state index contributed by atoms with van der Waals surface area (Å²) >= 11 is 0. The summed E-state index contributed by atoms with van der Waals surface area (Å²) in [6.45, 7) is 6.46. The largest absolute Gasteiger partial charge is 0.416 e. The van der Waals surface area contributed by atoms with E-state index < -0.39 is 21.9 Å². The number of hydrogen-bond acceptors (Lipinski definition) is 5. The van der Waals surface area contributed by atoms with Crippen LogP contribution in [-0.2, 0) is 29.5 Å². The Hall–Kier alpha value is -2.54. The molecule has 0 radical (unpaired) electrons. The highest BCUT2D eigenvalue weighted by atomic mass is 32.2. The van der Waals surface area contributed by atoms with Crippen molar-refractivity contribution in [2.45, 2.75) is 52.0 Å². The Kier molecular flexibility index (Phi) is 8.46. The van der Waals surface area contributed by atoms with Gasteiger partial charge in [0.2, 0.25) is 0 Å². The number of alkyl halides is 3. The molecule has 1 aromatic carbocycles. The third-order valence-corrected chi connectivity index (χ3v) is 8.89. The molecular weight excluding hydrogens is 519 g/mol. The Morgan fingerprint density at radius 3 is 2.39 bits per heavy atom. The van der Waals surface area contributed by atoms with E-state index in [0.717, 1.165) is 29.0 Å². The molecule has 1 atom stereocenters. The Bertz CT molecular complexity index is 1240. The summed E-state index contributed by atoms with van der Waals surface area (Å²) in [5.74, 6) is 0.178. The molecule has 2 N–H and O–H groups in total. The monoisotopic (exact) mass is 553 g/mol. The third kappa shape index (κ3) is 6.36. The summed E-state index contributed by atoms with van der Waals surface area (Å²) < 4.78 is 66.4. The van der Waals surface area contributed by atoms with E-state index in [0.29, 0.717) is 51.1 Å². The standard InChI is InChI=1S/C26H34F3N5O3S/c1-17(2)24-23-21(16-33(24)15-19-4-6-22(7-5-19)26(27,28)29)12-20(14-31-23)25(35)32-13-18-8-10-34(11-9-18)38(36,37)30-3/h4-7,12,14,17-18,24,30H,8-11,13,15-16H2,1-3H3,(H,32,35). The number of benzene rings is 1. The highest BCUT2D eigenvalue weighted by Gasteiger charge is 2.35. The fourth-order valence-electron chi connectivity index (χ4n) is 5.28. The number of carbonyl (C=O) groups is 1. The van der Waals surface area contributed by atoms with E-state index in [-0.39, 0.29) is 23.8 Å². The molecule has 1 aromatic heterocycles. The fraction of sp³-hybridized carbons (Fsp3) is 0.538. The SMILES string of the molecule is CNS(=O)(=O)N1CCC(CNC(=O)c2cnc3c(c2)CN(Cc2ccc(C(F)(F)F)cc2)C3C(C)C)CC1. The Labute approximate surface area is 221 Å². The molecule has 2 aliphatic rings. The van der Waals surface area contributed by atoms with Gasteiger partial charge in [-0.05, 0) is 54.0 Å². The molecule has 2 aromatic rings. The van der Waals surface area contributed by atoms with E-state index in [9.17, 15) is 26.4 Å². The molecule has 208 valence electrons. The maximum Gasteiger partial charge on any atom is 0.416 e. The minimum absolute atomic E-state index is 0.0107. The number of fused-ring (bicyclic) bond motifs is 1. The van der Waals surface area contributed by atoms with Gasteiger partial charge in [-0.15, -0.1) is 0 Å². The van der Waals surface area contributed by atoms with Crippen LogP contribution >= 0.6 is 0 Å². The Morgan fingerprint density at radius 1 is 1.16 bits per heavy atom. The summed E-state index contributed by atoms with van der Waals surface area (Å²) in [6, 6.07) is 7.06. The number of halogens is 3. The van der Waals surface area contributed by atoms with Gasteiger partial charge in [0.05, 0.1) is 22.9 Å². The van der Waals surface area contributed by atoms with Crippen molar-refractivity contribution in [3.63, 3.8) is 0 Å². The first kappa shape index (κ1) is 28.5. The molecule has 1 amide bonds. The van der Waals surface area contributed by atoms with E-state index in [2.05, 4.69) is 33.8 Å². The van der Waals surface area contributed by atoms with Crippen molar-refractivity contribution < 1.29 is 26.4 Å². The van der Waals surface area contributed by atoms with Gasteiger partial charge in [-0.3, -0.25) is 14.7 Å². The number of piperidine rings is 1. The van der Waals surface area contributed by atoms with Crippen LogP contribution in [0, 0.1) is 11.8 Å². The van der Waals surface area contributed by atoms with E-state index in [4.69, 9.17) is 0 Å². The molecule has 0 bridgehead atoms. The van der Waals surface area contributed by atoms with E-state index >= 15 is 0 Å². The van der Waals surface area contributed by atoms with Crippen molar-refractivity contribution in [1.29, 1.82) is 0 Å². The first-order valence-electron chi connectivity index (χ1n) is 12.7. The van der Waals surface area contributed by atoms with Gasteiger partial charge >= 0.3 is 6.18 Å². The normalized spacial score (nSPS) is 19.6. The lowest BCUT2D eigenvalue weighted by Gasteiger charge is -2.30. The van der Waals surface area contributed by atoms with Gasteiger partial charge in [-0.1, -0.05) is 26.0 Å². The van der Waals surface area contributed by atoms with Gasteiger partial charge in [0.15, 0.2) is 0 Å². The number of nitrogens with zero attached hydrogens (tertiary/aromatic N) is 3. The average molecular weight is 554 g/mol. The van der Waals surface area contributed by atoms with E-state index in [1.165, 1.54) is 23.5 Å². The van der Waals surface area contributed by atoms with Crippen LogP contribution in [0.5, 0.6) is 0 Å². The molecule has 3 heterocycles. The molecule has 1 saturated heterocycles. The molecule has 1 fully saturated rings. The second kappa shape index (κ2) is 11.3. The number of nitrogens with one attached hydrogen (secondary N) is 2. The number of carbonyl (C=O) groups excluding carboxylic acids is 1. The zero-order valence-corrected chi connectivity index (χ0v) is 22.6. The first-order valence-corrected chi connectivity index (χ1v) is 14.2. The maximum absolute atomic E-state index is 12.9. The Morgan fingerprint density at radius 2 is 1.82 bits per heavy atom. The predicted octanol–water partition coefficient (Wildman–Crippen LogP) is 3.72. The highest BCUT2D eigenvalue weighted by molar-refractivity contribution is 7.87. The van der Waals surface area contributed by atoms with Crippen LogP contribution in [0.3, 0.4) is 0 Å². The Balaban J connectivity index is 1.38. The minimum atomic E-state index is -4.37. The first-order chi connectivity index (χ1) is 17.9. The zero-order chi connectivity index (χ0) is 27.7. The molecule has 1 unspecified atom stereocenters. The van der Waals surface area contributed by atoms with Crippen LogP contribution in [0.25, 0.3) is 0 Å². The molecule has 0 aliphatic carbocycles. The smallest absolute Gasteiger partial charge is 0.352 e. The lowest BCUT2D eigenvalue weighted by atomic mass is 9.98. The van der Waals surface area contributed by atoms with E-state index in [1.807, 2.05) is 6.07 Å². The fourth-order valence-corrected chi connectivity index (χ4v) is 6.23. The number of pyridine rings is 1. The molecule has 0 saturated carbocycles. The van der Waals surface area contributed by atoms with Crippen LogP contribution in [0.4, 0.5) is 13.2 Å². The third-order valence-electron chi connectivity index (χ3n) is 7.33. The number of aromatic nitrogens is 1. The van der Waals surface area contributed by atoms with Gasteiger partial charge < -0.3 is 5.32 Å². The van der Waals surface area contributed by atoms with Crippen LogP contribution < -0.4 is 10.0 Å². The average Bonchev–Trinajstić information content (AvgIpc) is 3.24. The second-order valence-electron chi connectivity index (χ2n) is 10.3. The van der Waals surface area contributed by atoms with E-state index in [1.54, 1.807) is 6.20 Å². The molecule has 0 spiro atoms. The summed E-state index contributed by atoms with van der Waals surface area (Å²) in [4.78, 5) is 19.7. The molecule has 8 nitrogen and oxygen atoms in total. The van der Waals surface area contributed by atoms with Crippen LogP contribution in [0.1, 0.15) is 65.5 Å². The molecule has 38 heavy (non-hydrogen) atoms. The van der Waals surface area contributed by atoms with Crippen molar-refractivity contribution in [2.75, 3.05) is 26.7 Å². The second-order valence-corrected chi connectivity index (χ2v) is 12.2. The number of hydrogen-bond donors (Lipinski definition) is 2. The molecular formula is C26H34F3N5O3S. The number of rotatable bonds is 8. The minimum Gasteiger partial charge on any atom is -0.352 e. The van der Waals surface area contributed by atoms with Gasteiger partial charge in [-0.25, -0.2) is 4.72 Å². The van der Waals surface area contributed by atoms with Crippen molar-refractivity contribution in [2.24, 2.45) is 11.8 Å². The van der Waals surface area contributed by atoms with Gasteiger partial charge in [0.25, 0.3) is 16.1 Å². The van der Waals surface area contributed by atoms with Gasteiger partial charge in [-0.2, -0.15) is 25.9 Å². The lowest BCUT2D eigenvalue weighted by molar-refractivity contribution is -0.137. The van der Waals surface area contributed by atoms with Crippen molar-refractivity contribution >= 4 is 16.1 Å². The quantitative estimate of drug-likeness (QED) is 0.520.